The molecule has 39 heavy (non-hydrogen) atoms. The number of hydrogen-bond donors (Lipinski definition) is 1. The number of halogens is 1. The molecule has 1 fully saturated rings. The molecule has 7 heteroatoms. The van der Waals surface area contributed by atoms with Crippen molar-refractivity contribution in [2.45, 2.75) is 51.0 Å². The number of benzene rings is 3. The molecule has 1 N–H and O–H groups in total. The number of phenolic OH excluding ortho intramolecular Hbond substituents is 1. The maximum absolute atomic E-state index is 13.8. The first kappa shape index (κ1) is 26.9. The normalized spacial score (nSPS) is 19.4. The van der Waals surface area contributed by atoms with Crippen molar-refractivity contribution in [3.63, 3.8) is 0 Å². The molecule has 0 radical (unpaired) electrons. The molecule has 1 aliphatic carbocycles. The van der Waals surface area contributed by atoms with Gasteiger partial charge in [-0.15, -0.1) is 0 Å². The Hall–Kier alpha value is -3.74. The lowest BCUT2D eigenvalue weighted by Crippen LogP contribution is -2.50. The minimum absolute atomic E-state index is 0.00664. The van der Waals surface area contributed by atoms with E-state index in [4.69, 9.17) is 9.47 Å². The van der Waals surface area contributed by atoms with Crippen molar-refractivity contribution < 1.29 is 23.8 Å². The van der Waals surface area contributed by atoms with Crippen molar-refractivity contribution >= 4 is 11.8 Å². The number of anilines is 1. The van der Waals surface area contributed by atoms with Gasteiger partial charge in [0, 0.05) is 49.4 Å². The molecular formula is C32H37FN2O4. The predicted octanol–water partition coefficient (Wildman–Crippen LogP) is 6.46. The van der Waals surface area contributed by atoms with Gasteiger partial charge in [0.05, 0.1) is 7.11 Å². The van der Waals surface area contributed by atoms with Gasteiger partial charge in [-0.1, -0.05) is 24.3 Å². The smallest absolute Gasteiger partial charge is 0.410 e. The van der Waals surface area contributed by atoms with Crippen LogP contribution in [0.1, 0.15) is 61.3 Å². The second-order valence-corrected chi connectivity index (χ2v) is 11.4. The van der Waals surface area contributed by atoms with Gasteiger partial charge in [-0.3, -0.25) is 0 Å². The Morgan fingerprint density at radius 2 is 1.64 bits per heavy atom. The van der Waals surface area contributed by atoms with Crippen molar-refractivity contribution in [3.05, 3.63) is 88.7 Å². The zero-order chi connectivity index (χ0) is 27.7. The van der Waals surface area contributed by atoms with Crippen LogP contribution in [-0.2, 0) is 11.2 Å². The number of ether oxygens (including phenoxy) is 2. The quantitative estimate of drug-likeness (QED) is 0.418. The van der Waals surface area contributed by atoms with Crippen LogP contribution in [0.15, 0.2) is 60.7 Å². The Bertz CT molecular complexity index is 1330. The van der Waals surface area contributed by atoms with E-state index in [0.29, 0.717) is 26.2 Å². The number of rotatable bonds is 4. The standard InChI is InChI=1S/C32H37FN2O4/c1-32(2,3)39-31(37)35-17-15-34(16-18-35)24-10-13-28(29(20-24)38-4)30-26(21-5-8-23(33)9-6-21)12-7-22-19-25(36)11-14-27(22)30/h5-6,8-11,13-14,19-20,26,30,36H,7,12,15-18H2,1-4H3/t26-,30+/m0/s1. The lowest BCUT2D eigenvalue weighted by atomic mass is 9.69. The number of piperazine rings is 1. The van der Waals surface area contributed by atoms with Gasteiger partial charge in [0.2, 0.25) is 0 Å². The molecule has 1 saturated heterocycles. The minimum atomic E-state index is -0.514. The molecule has 1 aliphatic heterocycles. The fourth-order valence-corrected chi connectivity index (χ4v) is 5.89. The van der Waals surface area contributed by atoms with Gasteiger partial charge in [-0.05, 0) is 86.6 Å². The van der Waals surface area contributed by atoms with E-state index in [1.165, 1.54) is 12.1 Å². The second-order valence-electron chi connectivity index (χ2n) is 11.4. The summed E-state index contributed by atoms with van der Waals surface area (Å²) in [6.45, 7) is 8.21. The Balaban J connectivity index is 1.43. The second kappa shape index (κ2) is 10.8. The molecule has 3 aromatic carbocycles. The highest BCUT2D eigenvalue weighted by molar-refractivity contribution is 5.69. The van der Waals surface area contributed by atoms with Crippen molar-refractivity contribution in [2.24, 2.45) is 0 Å². The van der Waals surface area contributed by atoms with E-state index in [9.17, 15) is 14.3 Å². The van der Waals surface area contributed by atoms with Crippen LogP contribution in [0.25, 0.3) is 0 Å². The molecule has 1 amide bonds. The Morgan fingerprint density at radius 3 is 2.31 bits per heavy atom. The molecule has 1 heterocycles. The number of amides is 1. The highest BCUT2D eigenvalue weighted by atomic mass is 19.1. The topological polar surface area (TPSA) is 62.2 Å². The van der Waals surface area contributed by atoms with Crippen LogP contribution in [0.2, 0.25) is 0 Å². The molecule has 0 aromatic heterocycles. The van der Waals surface area contributed by atoms with Gasteiger partial charge in [0.1, 0.15) is 22.9 Å². The lowest BCUT2D eigenvalue weighted by molar-refractivity contribution is 0.0240. The summed E-state index contributed by atoms with van der Waals surface area (Å²) in [5.74, 6) is 0.943. The maximum Gasteiger partial charge on any atom is 0.410 e. The summed E-state index contributed by atoms with van der Waals surface area (Å²) >= 11 is 0. The molecule has 2 aliphatic rings. The first-order chi connectivity index (χ1) is 18.6. The number of carbonyl (C=O) groups excluding carboxylic acids is 1. The summed E-state index contributed by atoms with van der Waals surface area (Å²) < 4.78 is 25.3. The fourth-order valence-electron chi connectivity index (χ4n) is 5.89. The first-order valence-corrected chi connectivity index (χ1v) is 13.6. The third-order valence-corrected chi connectivity index (χ3v) is 7.74. The van der Waals surface area contributed by atoms with Crippen molar-refractivity contribution in [1.29, 1.82) is 0 Å². The van der Waals surface area contributed by atoms with E-state index >= 15 is 0 Å². The largest absolute Gasteiger partial charge is 0.508 e. The molecule has 206 valence electrons. The van der Waals surface area contributed by atoms with Gasteiger partial charge in [0.25, 0.3) is 0 Å². The number of fused-ring (bicyclic) bond motifs is 1. The molecule has 0 unspecified atom stereocenters. The Morgan fingerprint density at radius 1 is 0.949 bits per heavy atom. The van der Waals surface area contributed by atoms with Crippen LogP contribution in [0, 0.1) is 5.82 Å². The van der Waals surface area contributed by atoms with Crippen LogP contribution in [0.3, 0.4) is 0 Å². The molecule has 0 spiro atoms. The van der Waals surface area contributed by atoms with Crippen LogP contribution in [-0.4, -0.2) is 55.0 Å². The average Bonchev–Trinajstić information content (AvgIpc) is 2.91. The molecule has 0 bridgehead atoms. The van der Waals surface area contributed by atoms with Crippen molar-refractivity contribution in [1.82, 2.24) is 4.90 Å². The van der Waals surface area contributed by atoms with Crippen molar-refractivity contribution in [2.75, 3.05) is 38.2 Å². The number of carbonyl (C=O) groups is 1. The number of methoxy groups -OCH3 is 1. The lowest BCUT2D eigenvalue weighted by Gasteiger charge is -2.38. The van der Waals surface area contributed by atoms with Crippen LogP contribution >= 0.6 is 0 Å². The highest BCUT2D eigenvalue weighted by Gasteiger charge is 2.34. The molecular weight excluding hydrogens is 495 g/mol. The molecule has 5 rings (SSSR count). The molecule has 0 saturated carbocycles. The molecule has 3 aromatic rings. The first-order valence-electron chi connectivity index (χ1n) is 13.6. The summed E-state index contributed by atoms with van der Waals surface area (Å²) in [5.41, 5.74) is 4.96. The Labute approximate surface area is 230 Å². The van der Waals surface area contributed by atoms with E-state index < -0.39 is 5.60 Å². The van der Waals surface area contributed by atoms with Gasteiger partial charge in [-0.25, -0.2) is 9.18 Å². The SMILES string of the molecule is COc1cc(N2CCN(C(=O)OC(C)(C)C)CC2)ccc1[C@H]1c2ccc(O)cc2CC[C@H]1c1ccc(F)cc1. The highest BCUT2D eigenvalue weighted by Crippen LogP contribution is 2.49. The zero-order valence-corrected chi connectivity index (χ0v) is 23.1. The minimum Gasteiger partial charge on any atom is -0.508 e. The zero-order valence-electron chi connectivity index (χ0n) is 23.1. The summed E-state index contributed by atoms with van der Waals surface area (Å²) in [6.07, 6.45) is 1.44. The molecule has 2 atom stereocenters. The monoisotopic (exact) mass is 532 g/mol. The van der Waals surface area contributed by atoms with E-state index in [0.717, 1.165) is 46.5 Å². The third-order valence-electron chi connectivity index (χ3n) is 7.74. The predicted molar refractivity (Wildman–Crippen MR) is 150 cm³/mol. The van der Waals surface area contributed by atoms with Crippen LogP contribution in [0.5, 0.6) is 11.5 Å². The summed E-state index contributed by atoms with van der Waals surface area (Å²) in [6, 6.07) is 18.7. The van der Waals surface area contributed by atoms with Gasteiger partial charge in [0.15, 0.2) is 0 Å². The van der Waals surface area contributed by atoms with Gasteiger partial charge in [-0.2, -0.15) is 0 Å². The van der Waals surface area contributed by atoms with E-state index in [-0.39, 0.29) is 29.5 Å². The molecule has 6 nitrogen and oxygen atoms in total. The number of nitrogens with zero attached hydrogens (tertiary/aromatic N) is 2. The van der Waals surface area contributed by atoms with Crippen LogP contribution in [0.4, 0.5) is 14.9 Å². The number of phenols is 1. The fraction of sp³-hybridized carbons (Fsp3) is 0.406. The van der Waals surface area contributed by atoms with Crippen molar-refractivity contribution in [3.8, 4) is 11.5 Å². The van der Waals surface area contributed by atoms with Gasteiger partial charge >= 0.3 is 6.09 Å². The number of aromatic hydroxyl groups is 1. The number of hydrogen-bond acceptors (Lipinski definition) is 5. The maximum atomic E-state index is 13.8. The van der Waals surface area contributed by atoms with E-state index in [2.05, 4.69) is 23.1 Å². The van der Waals surface area contributed by atoms with Gasteiger partial charge < -0.3 is 24.4 Å². The van der Waals surface area contributed by atoms with E-state index in [1.54, 1.807) is 18.1 Å². The Kier molecular flexibility index (Phi) is 7.43. The van der Waals surface area contributed by atoms with E-state index in [1.807, 2.05) is 45.0 Å². The summed E-state index contributed by atoms with van der Waals surface area (Å²) in [7, 11) is 1.69. The number of aryl methyl sites for hydroxylation is 1. The summed E-state index contributed by atoms with van der Waals surface area (Å²) in [5, 5.41) is 10.1. The van der Waals surface area contributed by atoms with Crippen LogP contribution < -0.4 is 9.64 Å². The third kappa shape index (κ3) is 5.82. The average molecular weight is 533 g/mol. The summed E-state index contributed by atoms with van der Waals surface area (Å²) in [4.78, 5) is 16.5.